The maximum Gasteiger partial charge on any atom is 0.229 e. The first-order valence-electron chi connectivity index (χ1n) is 7.55. The maximum atomic E-state index is 12.7. The summed E-state index contributed by atoms with van der Waals surface area (Å²) in [6, 6.07) is 16.1. The van der Waals surface area contributed by atoms with Crippen molar-refractivity contribution in [3.63, 3.8) is 0 Å². The van der Waals surface area contributed by atoms with E-state index in [-0.39, 0.29) is 11.5 Å². The Morgan fingerprint density at radius 2 is 1.84 bits per heavy atom. The monoisotopic (exact) mass is 367 g/mol. The number of fused-ring (bicyclic) bond motifs is 1. The predicted octanol–water partition coefficient (Wildman–Crippen LogP) is 6.03. The van der Waals surface area contributed by atoms with E-state index in [0.717, 1.165) is 16.5 Å². The van der Waals surface area contributed by atoms with E-state index in [2.05, 4.69) is 4.98 Å². The molecule has 0 aliphatic rings. The molecule has 4 rings (SSSR count). The minimum Gasteiger partial charge on any atom is -0.453 e. The Hall–Kier alpha value is -2.62. The highest BCUT2D eigenvalue weighted by Gasteiger charge is 2.18. The molecule has 0 fully saturated rings. The fourth-order valence-corrected chi connectivity index (χ4v) is 3.16. The van der Waals surface area contributed by atoms with Gasteiger partial charge < -0.3 is 4.42 Å². The minimum absolute atomic E-state index is 0.238. The number of carbonyl (C=O) groups excluding carboxylic acids is 1. The Morgan fingerprint density at radius 3 is 2.60 bits per heavy atom. The molecule has 0 atom stereocenters. The van der Waals surface area contributed by atoms with Gasteiger partial charge in [0.05, 0.1) is 5.02 Å². The summed E-state index contributed by atoms with van der Waals surface area (Å²) in [6.07, 6.45) is 3.51. The SMILES string of the molecule is O=C(c1cc2ccc(-c3cccnc3)cc2o1)c1ccc(Cl)cc1Cl. The fourth-order valence-electron chi connectivity index (χ4n) is 2.66. The standard InChI is InChI=1S/C20H11Cl2NO2/c21-15-5-6-16(17(22)10-15)20(24)19-9-13-4-3-12(8-18(13)25-19)14-2-1-7-23-11-14/h1-11H. The van der Waals surface area contributed by atoms with E-state index in [1.54, 1.807) is 36.7 Å². The van der Waals surface area contributed by atoms with Gasteiger partial charge in [0.1, 0.15) is 5.58 Å². The van der Waals surface area contributed by atoms with E-state index in [1.807, 2.05) is 30.3 Å². The lowest BCUT2D eigenvalue weighted by Gasteiger charge is -2.01. The minimum atomic E-state index is -0.277. The molecule has 0 saturated heterocycles. The second-order valence-corrected chi connectivity index (χ2v) is 6.40. The Bertz CT molecular complexity index is 1090. The van der Waals surface area contributed by atoms with Gasteiger partial charge in [0.25, 0.3) is 0 Å². The normalized spacial score (nSPS) is 11.0. The van der Waals surface area contributed by atoms with Crippen molar-refractivity contribution in [2.75, 3.05) is 0 Å². The number of rotatable bonds is 3. The molecule has 0 N–H and O–H groups in total. The van der Waals surface area contributed by atoms with Crippen LogP contribution < -0.4 is 0 Å². The van der Waals surface area contributed by atoms with Crippen LogP contribution in [0.15, 0.2) is 71.4 Å². The highest BCUT2D eigenvalue weighted by atomic mass is 35.5. The maximum absolute atomic E-state index is 12.7. The smallest absolute Gasteiger partial charge is 0.229 e. The molecule has 4 aromatic rings. The number of pyridine rings is 1. The zero-order valence-corrected chi connectivity index (χ0v) is 14.4. The molecule has 2 aromatic heterocycles. The molecule has 2 heterocycles. The second kappa shape index (κ2) is 6.36. The number of furan rings is 1. The van der Waals surface area contributed by atoms with Gasteiger partial charge in [-0.2, -0.15) is 0 Å². The third kappa shape index (κ3) is 3.04. The second-order valence-electron chi connectivity index (χ2n) is 5.56. The zero-order valence-electron chi connectivity index (χ0n) is 12.9. The molecular weight excluding hydrogens is 357 g/mol. The average molecular weight is 368 g/mol. The number of hydrogen-bond donors (Lipinski definition) is 0. The summed E-state index contributed by atoms with van der Waals surface area (Å²) >= 11 is 12.0. The third-order valence-electron chi connectivity index (χ3n) is 3.91. The first-order chi connectivity index (χ1) is 12.1. The molecule has 0 bridgehead atoms. The fraction of sp³-hybridized carbons (Fsp3) is 0. The molecule has 3 nitrogen and oxygen atoms in total. The molecule has 0 spiro atoms. The molecule has 2 aromatic carbocycles. The van der Waals surface area contributed by atoms with Gasteiger partial charge in [-0.15, -0.1) is 0 Å². The van der Waals surface area contributed by atoms with Crippen LogP contribution in [0.5, 0.6) is 0 Å². The van der Waals surface area contributed by atoms with Crippen LogP contribution in [0, 0.1) is 0 Å². The number of aromatic nitrogens is 1. The highest BCUT2D eigenvalue weighted by Crippen LogP contribution is 2.29. The topological polar surface area (TPSA) is 43.1 Å². The third-order valence-corrected chi connectivity index (χ3v) is 4.46. The lowest BCUT2D eigenvalue weighted by Crippen LogP contribution is -2.00. The van der Waals surface area contributed by atoms with Crippen LogP contribution in [-0.2, 0) is 0 Å². The lowest BCUT2D eigenvalue weighted by molar-refractivity contribution is 0.101. The molecule has 0 radical (unpaired) electrons. The Kier molecular flexibility index (Phi) is 4.04. The van der Waals surface area contributed by atoms with Crippen molar-refractivity contribution in [2.45, 2.75) is 0 Å². The van der Waals surface area contributed by atoms with Gasteiger partial charge in [-0.3, -0.25) is 9.78 Å². The van der Waals surface area contributed by atoms with E-state index in [1.165, 1.54) is 0 Å². The number of nitrogens with zero attached hydrogens (tertiary/aromatic N) is 1. The van der Waals surface area contributed by atoms with Crippen molar-refractivity contribution in [3.8, 4) is 11.1 Å². The van der Waals surface area contributed by atoms with Crippen LogP contribution in [0.25, 0.3) is 22.1 Å². The van der Waals surface area contributed by atoms with Gasteiger partial charge in [0, 0.05) is 33.9 Å². The van der Waals surface area contributed by atoms with Crippen molar-refractivity contribution in [3.05, 3.63) is 88.4 Å². The quantitative estimate of drug-likeness (QED) is 0.415. The summed E-state index contributed by atoms with van der Waals surface area (Å²) in [4.78, 5) is 16.8. The summed E-state index contributed by atoms with van der Waals surface area (Å²) in [5.41, 5.74) is 2.94. The lowest BCUT2D eigenvalue weighted by atomic mass is 10.1. The van der Waals surface area contributed by atoms with Gasteiger partial charge in [-0.05, 0) is 42.0 Å². The van der Waals surface area contributed by atoms with Gasteiger partial charge in [0.2, 0.25) is 5.78 Å². The van der Waals surface area contributed by atoms with Crippen LogP contribution >= 0.6 is 23.2 Å². The molecule has 0 saturated carbocycles. The largest absolute Gasteiger partial charge is 0.453 e. The van der Waals surface area contributed by atoms with Gasteiger partial charge in [-0.1, -0.05) is 41.4 Å². The van der Waals surface area contributed by atoms with Crippen molar-refractivity contribution in [2.24, 2.45) is 0 Å². The van der Waals surface area contributed by atoms with Gasteiger partial charge in [0.15, 0.2) is 5.76 Å². The number of ketones is 1. The van der Waals surface area contributed by atoms with Crippen LogP contribution in [0.2, 0.25) is 10.0 Å². The molecule has 0 unspecified atom stereocenters. The Labute approximate surface area is 153 Å². The molecule has 0 aliphatic heterocycles. The number of hydrogen-bond acceptors (Lipinski definition) is 3. The molecule has 25 heavy (non-hydrogen) atoms. The van der Waals surface area contributed by atoms with Crippen molar-refractivity contribution < 1.29 is 9.21 Å². The van der Waals surface area contributed by atoms with Gasteiger partial charge >= 0.3 is 0 Å². The molecule has 0 amide bonds. The number of halogens is 2. The number of carbonyl (C=O) groups is 1. The summed E-state index contributed by atoms with van der Waals surface area (Å²) in [5.74, 6) is -0.0386. The van der Waals surface area contributed by atoms with Gasteiger partial charge in [-0.25, -0.2) is 0 Å². The molecule has 0 aliphatic carbocycles. The Balaban J connectivity index is 1.75. The molecule has 122 valence electrons. The van der Waals surface area contributed by atoms with E-state index in [9.17, 15) is 4.79 Å². The van der Waals surface area contributed by atoms with Crippen molar-refractivity contribution in [1.29, 1.82) is 0 Å². The summed E-state index contributed by atoms with van der Waals surface area (Å²) in [7, 11) is 0. The van der Waals surface area contributed by atoms with Crippen LogP contribution in [-0.4, -0.2) is 10.8 Å². The molecular formula is C20H11Cl2NO2. The first kappa shape index (κ1) is 15.9. The molecule has 5 heteroatoms. The summed E-state index contributed by atoms with van der Waals surface area (Å²) < 4.78 is 5.77. The van der Waals surface area contributed by atoms with E-state index in [0.29, 0.717) is 21.2 Å². The van der Waals surface area contributed by atoms with Crippen LogP contribution in [0.3, 0.4) is 0 Å². The number of benzene rings is 2. The van der Waals surface area contributed by atoms with Crippen LogP contribution in [0.1, 0.15) is 16.1 Å². The zero-order chi connectivity index (χ0) is 17.4. The van der Waals surface area contributed by atoms with Crippen molar-refractivity contribution >= 4 is 40.0 Å². The Morgan fingerprint density at radius 1 is 0.960 bits per heavy atom. The van der Waals surface area contributed by atoms with E-state index in [4.69, 9.17) is 27.6 Å². The van der Waals surface area contributed by atoms with Crippen LogP contribution in [0.4, 0.5) is 0 Å². The van der Waals surface area contributed by atoms with Crippen molar-refractivity contribution in [1.82, 2.24) is 4.98 Å². The highest BCUT2D eigenvalue weighted by molar-refractivity contribution is 6.37. The average Bonchev–Trinajstić information content (AvgIpc) is 3.05. The summed E-state index contributed by atoms with van der Waals surface area (Å²) in [5, 5.41) is 1.63. The summed E-state index contributed by atoms with van der Waals surface area (Å²) in [6.45, 7) is 0. The predicted molar refractivity (Wildman–Crippen MR) is 99.3 cm³/mol. The first-order valence-corrected chi connectivity index (χ1v) is 8.31. The van der Waals surface area contributed by atoms with E-state index >= 15 is 0 Å². The van der Waals surface area contributed by atoms with E-state index < -0.39 is 0 Å².